The summed E-state index contributed by atoms with van der Waals surface area (Å²) in [6, 6.07) is 3.60. The van der Waals surface area contributed by atoms with Crippen molar-refractivity contribution in [2.75, 3.05) is 5.73 Å². The van der Waals surface area contributed by atoms with Gasteiger partial charge in [0, 0.05) is 12.3 Å². The molecule has 3 aromatic heterocycles. The van der Waals surface area contributed by atoms with Crippen LogP contribution in [0.15, 0.2) is 35.6 Å². The fraction of sp³-hybridized carbons (Fsp3) is 0. The first-order valence-corrected chi connectivity index (χ1v) is 5.18. The highest BCUT2D eigenvalue weighted by atomic mass is 16.5. The second kappa shape index (κ2) is 3.88. The number of hydrogen-bond donors (Lipinski definition) is 3. The zero-order chi connectivity index (χ0) is 12.5. The number of nitrogens with zero attached hydrogens (tertiary/aromatic N) is 2. The first-order chi connectivity index (χ1) is 8.74. The number of anilines is 1. The van der Waals surface area contributed by atoms with Gasteiger partial charge in [-0.05, 0) is 6.07 Å². The molecule has 4 N–H and O–H groups in total. The maximum absolute atomic E-state index is 11.3. The molecule has 0 bridgehead atoms. The van der Waals surface area contributed by atoms with Crippen LogP contribution >= 0.6 is 0 Å². The van der Waals surface area contributed by atoms with Gasteiger partial charge in [-0.1, -0.05) is 0 Å². The number of aromatic amines is 2. The molecule has 3 aromatic rings. The third kappa shape index (κ3) is 1.67. The highest BCUT2D eigenvalue weighted by Crippen LogP contribution is 2.23. The first kappa shape index (κ1) is 10.3. The Morgan fingerprint density at radius 2 is 2.17 bits per heavy atom. The molecule has 3 heterocycles. The largest absolute Gasteiger partial charge is 0.435 e. The van der Waals surface area contributed by atoms with Crippen molar-refractivity contribution in [1.29, 1.82) is 0 Å². The fourth-order valence-corrected chi connectivity index (χ4v) is 1.56. The van der Waals surface area contributed by atoms with E-state index in [1.165, 1.54) is 6.33 Å². The van der Waals surface area contributed by atoms with Gasteiger partial charge in [-0.15, -0.1) is 0 Å². The van der Waals surface area contributed by atoms with Crippen LogP contribution in [0.5, 0.6) is 11.6 Å². The first-order valence-electron chi connectivity index (χ1n) is 5.18. The van der Waals surface area contributed by atoms with Crippen molar-refractivity contribution in [3.63, 3.8) is 0 Å². The van der Waals surface area contributed by atoms with E-state index in [0.717, 1.165) is 11.0 Å². The van der Waals surface area contributed by atoms with Crippen LogP contribution in [-0.4, -0.2) is 19.9 Å². The molecular formula is C11H9N5O2. The van der Waals surface area contributed by atoms with Crippen molar-refractivity contribution in [3.8, 4) is 11.6 Å². The van der Waals surface area contributed by atoms with Gasteiger partial charge in [-0.3, -0.25) is 9.78 Å². The zero-order valence-electron chi connectivity index (χ0n) is 9.18. The molecule has 3 rings (SSSR count). The molecule has 90 valence electrons. The summed E-state index contributed by atoms with van der Waals surface area (Å²) in [6.45, 7) is 0. The Hall–Kier alpha value is -2.83. The van der Waals surface area contributed by atoms with Crippen LogP contribution in [0.2, 0.25) is 0 Å². The quantitative estimate of drug-likeness (QED) is 0.622. The number of ether oxygens (including phenoxy) is 1. The lowest BCUT2D eigenvalue weighted by atomic mass is 10.4. The second-order valence-corrected chi connectivity index (χ2v) is 3.63. The number of nitrogens with two attached hydrogens (primary N) is 1. The van der Waals surface area contributed by atoms with E-state index in [9.17, 15) is 4.79 Å². The molecule has 0 aromatic carbocycles. The van der Waals surface area contributed by atoms with Gasteiger partial charge < -0.3 is 20.4 Å². The minimum Gasteiger partial charge on any atom is -0.435 e. The molecule has 0 aliphatic carbocycles. The molecule has 0 fully saturated rings. The van der Waals surface area contributed by atoms with Gasteiger partial charge in [0.15, 0.2) is 5.69 Å². The van der Waals surface area contributed by atoms with E-state index in [4.69, 9.17) is 10.5 Å². The predicted octanol–water partition coefficient (Wildman–Crippen LogP) is 1.02. The van der Waals surface area contributed by atoms with E-state index >= 15 is 0 Å². The summed E-state index contributed by atoms with van der Waals surface area (Å²) >= 11 is 0. The van der Waals surface area contributed by atoms with Crippen LogP contribution in [0.3, 0.4) is 0 Å². The number of aromatic nitrogens is 4. The molecule has 0 radical (unpaired) electrons. The van der Waals surface area contributed by atoms with Gasteiger partial charge in [-0.25, -0.2) is 4.98 Å². The molecule has 0 aliphatic heterocycles. The summed E-state index contributed by atoms with van der Waals surface area (Å²) in [4.78, 5) is 24.7. The van der Waals surface area contributed by atoms with E-state index in [1.54, 1.807) is 18.5 Å². The Bertz CT molecular complexity index is 761. The highest BCUT2D eigenvalue weighted by molar-refractivity contribution is 5.75. The number of hydrogen-bond acceptors (Lipinski definition) is 5. The molecule has 0 unspecified atom stereocenters. The van der Waals surface area contributed by atoms with Gasteiger partial charge in [0.25, 0.3) is 5.56 Å². The van der Waals surface area contributed by atoms with Crippen molar-refractivity contribution in [2.45, 2.75) is 0 Å². The average Bonchev–Trinajstić information content (AvgIpc) is 2.82. The molecule has 0 saturated carbocycles. The van der Waals surface area contributed by atoms with Crippen LogP contribution in [0, 0.1) is 0 Å². The summed E-state index contributed by atoms with van der Waals surface area (Å²) in [7, 11) is 0. The van der Waals surface area contributed by atoms with E-state index in [2.05, 4.69) is 19.9 Å². The molecule has 0 atom stereocenters. The van der Waals surface area contributed by atoms with Gasteiger partial charge in [0.2, 0.25) is 5.88 Å². The van der Waals surface area contributed by atoms with E-state index in [0.29, 0.717) is 5.75 Å². The number of nitrogens with one attached hydrogen (secondary N) is 2. The number of H-pyrrole nitrogens is 2. The monoisotopic (exact) mass is 243 g/mol. The van der Waals surface area contributed by atoms with Gasteiger partial charge >= 0.3 is 0 Å². The van der Waals surface area contributed by atoms with E-state index < -0.39 is 5.56 Å². The number of pyridine rings is 1. The maximum Gasteiger partial charge on any atom is 0.277 e. The van der Waals surface area contributed by atoms with Crippen LogP contribution in [-0.2, 0) is 0 Å². The molecule has 18 heavy (non-hydrogen) atoms. The highest BCUT2D eigenvalue weighted by Gasteiger charge is 2.08. The average molecular weight is 243 g/mol. The van der Waals surface area contributed by atoms with Gasteiger partial charge in [0.1, 0.15) is 5.75 Å². The van der Waals surface area contributed by atoms with Crippen molar-refractivity contribution in [3.05, 3.63) is 41.2 Å². The maximum atomic E-state index is 11.3. The van der Waals surface area contributed by atoms with Gasteiger partial charge in [-0.2, -0.15) is 0 Å². The molecule has 0 spiro atoms. The summed E-state index contributed by atoms with van der Waals surface area (Å²) in [5, 5.41) is 0. The van der Waals surface area contributed by atoms with Gasteiger partial charge in [0.05, 0.1) is 23.6 Å². The molecular weight excluding hydrogens is 234 g/mol. The van der Waals surface area contributed by atoms with Crippen molar-refractivity contribution < 1.29 is 4.74 Å². The minimum atomic E-state index is -0.436. The fourth-order valence-electron chi connectivity index (χ4n) is 1.56. The summed E-state index contributed by atoms with van der Waals surface area (Å²) in [5.74, 6) is 0.515. The minimum absolute atomic E-state index is 0.0615. The lowest BCUT2D eigenvalue weighted by Crippen LogP contribution is -2.13. The van der Waals surface area contributed by atoms with Crippen molar-refractivity contribution in [1.82, 2.24) is 19.9 Å². The van der Waals surface area contributed by atoms with Crippen LogP contribution in [0.1, 0.15) is 0 Å². The predicted molar refractivity (Wildman–Crippen MR) is 65.4 cm³/mol. The van der Waals surface area contributed by atoms with Crippen molar-refractivity contribution in [2.24, 2.45) is 0 Å². The lowest BCUT2D eigenvalue weighted by Gasteiger charge is -2.05. The van der Waals surface area contributed by atoms with Crippen LogP contribution < -0.4 is 16.0 Å². The van der Waals surface area contributed by atoms with E-state index in [-0.39, 0.29) is 11.6 Å². The number of fused-ring (bicyclic) bond motifs is 1. The molecule has 7 heteroatoms. The van der Waals surface area contributed by atoms with Crippen LogP contribution in [0.25, 0.3) is 11.0 Å². The van der Waals surface area contributed by atoms with Crippen LogP contribution in [0.4, 0.5) is 5.69 Å². The number of rotatable bonds is 2. The Kier molecular flexibility index (Phi) is 2.23. The SMILES string of the molecule is Nc1c(Oc2cnc3cc[nH]c3c2)nc[nH]c1=O. The summed E-state index contributed by atoms with van der Waals surface area (Å²) < 4.78 is 5.43. The Balaban J connectivity index is 2.00. The normalized spacial score (nSPS) is 10.7. The van der Waals surface area contributed by atoms with E-state index in [1.807, 2.05) is 6.07 Å². The summed E-state index contributed by atoms with van der Waals surface area (Å²) in [5.41, 5.74) is 6.72. The van der Waals surface area contributed by atoms with Crippen molar-refractivity contribution >= 4 is 16.7 Å². The standard InChI is InChI=1S/C11H9N5O2/c12-9-10(17)15-5-16-11(9)18-6-3-8-7(14-4-6)1-2-13-8/h1-5,13H,12H2,(H,15,16,17). The summed E-state index contributed by atoms with van der Waals surface area (Å²) in [6.07, 6.45) is 4.55. The molecule has 0 amide bonds. The Morgan fingerprint density at radius 1 is 1.28 bits per heavy atom. The second-order valence-electron chi connectivity index (χ2n) is 3.63. The molecule has 7 nitrogen and oxygen atoms in total. The third-order valence-electron chi connectivity index (χ3n) is 2.44. The number of nitrogen functional groups attached to an aromatic ring is 1. The lowest BCUT2D eigenvalue weighted by molar-refractivity contribution is 0.462. The Labute approximate surface area is 101 Å². The smallest absolute Gasteiger partial charge is 0.277 e. The molecule has 0 aliphatic rings. The Morgan fingerprint density at radius 3 is 3.06 bits per heavy atom. The molecule has 0 saturated heterocycles. The third-order valence-corrected chi connectivity index (χ3v) is 2.44. The topological polar surface area (TPSA) is 110 Å². The zero-order valence-corrected chi connectivity index (χ0v) is 9.18.